The minimum atomic E-state index is -0.990. The van der Waals surface area contributed by atoms with Gasteiger partial charge in [0.15, 0.2) is 0 Å². The third kappa shape index (κ3) is 4.03. The van der Waals surface area contributed by atoms with Crippen molar-refractivity contribution in [2.45, 2.75) is 58.4 Å². The number of pyridine rings is 1. The minimum absolute atomic E-state index is 0.107. The number of hydrogen-bond donors (Lipinski definition) is 0. The zero-order valence-electron chi connectivity index (χ0n) is 16.7. The van der Waals surface area contributed by atoms with Gasteiger partial charge in [-0.3, -0.25) is 4.79 Å². The van der Waals surface area contributed by atoms with E-state index in [4.69, 9.17) is 4.99 Å². The van der Waals surface area contributed by atoms with E-state index in [1.807, 2.05) is 24.3 Å². The normalized spacial score (nSPS) is 14.5. The first-order valence-electron chi connectivity index (χ1n) is 9.72. The second-order valence-electron chi connectivity index (χ2n) is 7.90. The van der Waals surface area contributed by atoms with Crippen LogP contribution in [0.3, 0.4) is 0 Å². The topological polar surface area (TPSA) is 73.4 Å². The summed E-state index contributed by atoms with van der Waals surface area (Å²) in [6.45, 7) is 7.20. The summed E-state index contributed by atoms with van der Waals surface area (Å²) in [4.78, 5) is 26.3. The summed E-state index contributed by atoms with van der Waals surface area (Å²) < 4.78 is 2.18. The quantitative estimate of drug-likeness (QED) is 0.402. The summed E-state index contributed by atoms with van der Waals surface area (Å²) in [5.74, 6) is -0.00745. The van der Waals surface area contributed by atoms with Crippen molar-refractivity contribution in [3.63, 3.8) is 0 Å². The van der Waals surface area contributed by atoms with Crippen LogP contribution in [0.1, 0.15) is 62.4 Å². The third-order valence-electron chi connectivity index (χ3n) is 5.62. The molecule has 0 radical (unpaired) electrons. The standard InChI is InChI=1S/C23H26N2O3/c1-16-23(2,3)20-13-19(18-10-8-17(15-26)9-11-18)14-25(22(20)24-16)12-6-4-5-7-21(27)28/h8-11,13-15H,4-7,12H2,1-3H3. The van der Waals surface area contributed by atoms with Gasteiger partial charge in [-0.15, -0.1) is 0 Å². The van der Waals surface area contributed by atoms with Crippen LogP contribution in [-0.2, 0) is 16.8 Å². The highest BCUT2D eigenvalue weighted by molar-refractivity contribution is 5.98. The Labute approximate surface area is 165 Å². The molecule has 0 unspecified atom stereocenters. The van der Waals surface area contributed by atoms with Gasteiger partial charge in [0.1, 0.15) is 12.0 Å². The number of carbonyl (C=O) groups excluding carboxylic acids is 2. The zero-order chi connectivity index (χ0) is 20.3. The molecule has 5 nitrogen and oxygen atoms in total. The Bertz CT molecular complexity index is 928. The summed E-state index contributed by atoms with van der Waals surface area (Å²) >= 11 is 0. The number of rotatable bonds is 8. The number of aliphatic carboxylic acids is 1. The lowest BCUT2D eigenvalue weighted by Gasteiger charge is -2.17. The summed E-state index contributed by atoms with van der Waals surface area (Å²) in [6.07, 6.45) is 5.40. The van der Waals surface area contributed by atoms with E-state index in [1.54, 1.807) is 0 Å². The van der Waals surface area contributed by atoms with Gasteiger partial charge in [0, 0.05) is 17.1 Å². The third-order valence-corrected chi connectivity index (χ3v) is 5.62. The number of benzene rings is 1. The van der Waals surface area contributed by atoms with Crippen molar-refractivity contribution < 1.29 is 19.3 Å². The van der Waals surface area contributed by atoms with Gasteiger partial charge in [0.2, 0.25) is 0 Å². The van der Waals surface area contributed by atoms with Crippen LogP contribution in [0.2, 0.25) is 0 Å². The number of aliphatic imine (C=N–C) groups is 1. The van der Waals surface area contributed by atoms with Crippen LogP contribution in [0, 0.1) is 0 Å². The molecule has 2 heterocycles. The fraction of sp³-hybridized carbons (Fsp3) is 0.391. The van der Waals surface area contributed by atoms with Crippen LogP contribution in [0.5, 0.6) is 0 Å². The van der Waals surface area contributed by atoms with Crippen molar-refractivity contribution in [3.8, 4) is 11.1 Å². The van der Waals surface area contributed by atoms with Crippen molar-refractivity contribution in [1.29, 1.82) is 0 Å². The maximum Gasteiger partial charge on any atom is 0.327 e. The van der Waals surface area contributed by atoms with Crippen molar-refractivity contribution in [3.05, 3.63) is 47.7 Å². The Balaban J connectivity index is 1.92. The predicted molar refractivity (Wildman–Crippen MR) is 107 cm³/mol. The maximum absolute atomic E-state index is 10.9. The molecule has 0 fully saturated rings. The minimum Gasteiger partial charge on any atom is -0.550 e. The molecule has 5 heteroatoms. The van der Waals surface area contributed by atoms with Gasteiger partial charge >= 0.3 is 5.82 Å². The van der Waals surface area contributed by atoms with E-state index in [2.05, 4.69) is 37.6 Å². The Hall–Kier alpha value is -2.82. The molecular formula is C23H26N2O3. The van der Waals surface area contributed by atoms with Crippen LogP contribution >= 0.6 is 0 Å². The number of aldehydes is 1. The highest BCUT2D eigenvalue weighted by Crippen LogP contribution is 2.39. The SMILES string of the molecule is CC1=Nc2c(cc(-c3ccc(C=O)cc3)c[n+]2CCCCCC(=O)[O-])C1(C)C. The maximum atomic E-state index is 10.9. The zero-order valence-corrected chi connectivity index (χ0v) is 16.7. The van der Waals surface area contributed by atoms with E-state index in [-0.39, 0.29) is 11.8 Å². The van der Waals surface area contributed by atoms with Gasteiger partial charge in [-0.05, 0) is 63.1 Å². The number of fused-ring (bicyclic) bond motifs is 1. The Morgan fingerprint density at radius 2 is 1.86 bits per heavy atom. The number of hydrogen-bond acceptors (Lipinski definition) is 4. The first-order chi connectivity index (χ1) is 13.3. The second-order valence-corrected chi connectivity index (χ2v) is 7.90. The number of carbonyl (C=O) groups is 2. The monoisotopic (exact) mass is 378 g/mol. The number of nitrogens with zero attached hydrogens (tertiary/aromatic N) is 2. The Morgan fingerprint density at radius 3 is 2.50 bits per heavy atom. The van der Waals surface area contributed by atoms with Gasteiger partial charge in [-0.2, -0.15) is 0 Å². The molecule has 0 saturated heterocycles. The molecule has 1 aliphatic rings. The number of carboxylic acids is 1. The summed E-state index contributed by atoms with van der Waals surface area (Å²) in [7, 11) is 0. The van der Waals surface area contributed by atoms with Gasteiger partial charge in [-0.1, -0.05) is 24.3 Å². The van der Waals surface area contributed by atoms with Crippen molar-refractivity contribution in [2.75, 3.05) is 0 Å². The van der Waals surface area contributed by atoms with E-state index in [0.29, 0.717) is 12.0 Å². The van der Waals surface area contributed by atoms with E-state index in [1.165, 1.54) is 5.56 Å². The average molecular weight is 378 g/mol. The number of unbranched alkanes of at least 4 members (excludes halogenated alkanes) is 2. The molecule has 1 aromatic heterocycles. The molecule has 0 saturated carbocycles. The molecule has 3 rings (SSSR count). The molecule has 1 aromatic carbocycles. The molecule has 28 heavy (non-hydrogen) atoms. The molecule has 2 aromatic rings. The fourth-order valence-electron chi connectivity index (χ4n) is 3.53. The lowest BCUT2D eigenvalue weighted by molar-refractivity contribution is -0.684. The van der Waals surface area contributed by atoms with Gasteiger partial charge in [0.25, 0.3) is 0 Å². The summed E-state index contributed by atoms with van der Waals surface area (Å²) in [5.41, 5.74) is 4.94. The first kappa shape index (κ1) is 19.9. The van der Waals surface area contributed by atoms with Crippen molar-refractivity contribution in [2.24, 2.45) is 4.99 Å². The Morgan fingerprint density at radius 1 is 1.14 bits per heavy atom. The largest absolute Gasteiger partial charge is 0.550 e. The summed E-state index contributed by atoms with van der Waals surface area (Å²) in [5, 5.41) is 10.6. The van der Waals surface area contributed by atoms with Gasteiger partial charge < -0.3 is 9.90 Å². The molecule has 0 spiro atoms. The van der Waals surface area contributed by atoms with Crippen LogP contribution in [0.15, 0.2) is 41.5 Å². The smallest absolute Gasteiger partial charge is 0.327 e. The van der Waals surface area contributed by atoms with Crippen molar-refractivity contribution >= 4 is 23.8 Å². The van der Waals surface area contributed by atoms with Crippen LogP contribution in [0.4, 0.5) is 5.82 Å². The number of carboxylic acid groups (broad SMARTS) is 1. The van der Waals surface area contributed by atoms with E-state index in [0.717, 1.165) is 48.3 Å². The van der Waals surface area contributed by atoms with Crippen LogP contribution < -0.4 is 9.67 Å². The van der Waals surface area contributed by atoms with E-state index in [9.17, 15) is 14.7 Å². The molecule has 0 amide bonds. The van der Waals surface area contributed by atoms with Gasteiger partial charge in [-0.25, -0.2) is 4.57 Å². The fourth-order valence-corrected chi connectivity index (χ4v) is 3.53. The number of aromatic nitrogens is 1. The molecule has 0 bridgehead atoms. The highest BCUT2D eigenvalue weighted by atomic mass is 16.4. The first-order valence-corrected chi connectivity index (χ1v) is 9.72. The molecule has 0 atom stereocenters. The Kier molecular flexibility index (Phi) is 5.73. The molecular weight excluding hydrogens is 352 g/mol. The molecule has 0 N–H and O–H groups in total. The second kappa shape index (κ2) is 8.05. The lowest BCUT2D eigenvalue weighted by Crippen LogP contribution is -2.35. The number of aryl methyl sites for hydroxylation is 1. The molecule has 0 aliphatic carbocycles. The summed E-state index contributed by atoms with van der Waals surface area (Å²) in [6, 6.07) is 9.77. The molecule has 146 valence electrons. The van der Waals surface area contributed by atoms with Crippen LogP contribution in [-0.4, -0.2) is 18.0 Å². The van der Waals surface area contributed by atoms with Crippen molar-refractivity contribution in [1.82, 2.24) is 0 Å². The highest BCUT2D eigenvalue weighted by Gasteiger charge is 2.41. The predicted octanol–water partition coefficient (Wildman–Crippen LogP) is 3.15. The van der Waals surface area contributed by atoms with Crippen LogP contribution in [0.25, 0.3) is 11.1 Å². The lowest BCUT2D eigenvalue weighted by atomic mass is 9.82. The van der Waals surface area contributed by atoms with E-state index >= 15 is 0 Å². The average Bonchev–Trinajstić information content (AvgIpc) is 2.90. The van der Waals surface area contributed by atoms with E-state index < -0.39 is 5.97 Å². The van der Waals surface area contributed by atoms with Gasteiger partial charge in [0.05, 0.1) is 23.7 Å². The molecule has 1 aliphatic heterocycles.